The van der Waals surface area contributed by atoms with Crippen molar-refractivity contribution in [3.8, 4) is 0 Å². The van der Waals surface area contributed by atoms with Gasteiger partial charge in [-0.3, -0.25) is 14.9 Å². The van der Waals surface area contributed by atoms with Gasteiger partial charge in [0, 0.05) is 23.6 Å². The van der Waals surface area contributed by atoms with Crippen LogP contribution in [0.3, 0.4) is 0 Å². The maximum absolute atomic E-state index is 12.6. The number of ether oxygens (including phenoxy) is 2. The van der Waals surface area contributed by atoms with Crippen molar-refractivity contribution in [2.75, 3.05) is 0 Å². The number of carbonyl (C=O) groups excluding carboxylic acids is 3. The Bertz CT molecular complexity index is 761. The molecule has 1 atom stereocenters. The topological polar surface area (TPSA) is 125 Å². The molecular formula is C19H26N2O7. The third-order valence-corrected chi connectivity index (χ3v) is 3.24. The monoisotopic (exact) mass is 394 g/mol. The fraction of sp³-hybridized carbons (Fsp3) is 0.526. The van der Waals surface area contributed by atoms with Crippen molar-refractivity contribution >= 4 is 24.0 Å². The van der Waals surface area contributed by atoms with Gasteiger partial charge in [-0.25, -0.2) is 9.59 Å². The molecule has 9 nitrogen and oxygen atoms in total. The summed E-state index contributed by atoms with van der Waals surface area (Å²) in [6.07, 6.45) is -0.569. The molecule has 1 rings (SSSR count). The van der Waals surface area contributed by atoms with Gasteiger partial charge < -0.3 is 14.8 Å². The molecule has 1 aromatic carbocycles. The minimum absolute atomic E-state index is 0.113. The summed E-state index contributed by atoms with van der Waals surface area (Å²) in [6.45, 7) is 9.95. The van der Waals surface area contributed by atoms with Gasteiger partial charge in [-0.1, -0.05) is 0 Å². The van der Waals surface area contributed by atoms with Crippen molar-refractivity contribution in [1.29, 1.82) is 0 Å². The van der Waals surface area contributed by atoms with Crippen LogP contribution in [-0.4, -0.2) is 40.5 Å². The largest absolute Gasteiger partial charge is 0.458 e. The lowest BCUT2D eigenvalue weighted by Crippen LogP contribution is -2.47. The number of hydrogen-bond acceptors (Lipinski definition) is 7. The maximum Gasteiger partial charge on any atom is 0.408 e. The van der Waals surface area contributed by atoms with Gasteiger partial charge in [0.05, 0.1) is 4.92 Å². The van der Waals surface area contributed by atoms with Gasteiger partial charge in [0.2, 0.25) is 0 Å². The van der Waals surface area contributed by atoms with Crippen LogP contribution < -0.4 is 5.32 Å². The van der Waals surface area contributed by atoms with E-state index in [-0.39, 0.29) is 23.2 Å². The van der Waals surface area contributed by atoms with Crippen LogP contribution in [0.25, 0.3) is 0 Å². The van der Waals surface area contributed by atoms with E-state index < -0.39 is 34.2 Å². The van der Waals surface area contributed by atoms with Gasteiger partial charge in [0.25, 0.3) is 5.69 Å². The zero-order valence-electron chi connectivity index (χ0n) is 16.9. The van der Waals surface area contributed by atoms with Gasteiger partial charge in [-0.05, 0) is 53.7 Å². The number of rotatable bonds is 6. The molecule has 0 saturated carbocycles. The summed E-state index contributed by atoms with van der Waals surface area (Å²) in [7, 11) is 0. The molecule has 0 fully saturated rings. The Morgan fingerprint density at radius 1 is 1.14 bits per heavy atom. The fourth-order valence-electron chi connectivity index (χ4n) is 2.26. The molecule has 1 aromatic rings. The van der Waals surface area contributed by atoms with Crippen molar-refractivity contribution in [3.63, 3.8) is 0 Å². The highest BCUT2D eigenvalue weighted by Crippen LogP contribution is 2.22. The van der Waals surface area contributed by atoms with E-state index in [9.17, 15) is 24.5 Å². The number of hydrogen-bond donors (Lipinski definition) is 1. The Labute approximate surface area is 163 Å². The third kappa shape index (κ3) is 7.73. The zero-order valence-corrected chi connectivity index (χ0v) is 16.9. The van der Waals surface area contributed by atoms with Crippen molar-refractivity contribution in [1.82, 2.24) is 5.32 Å². The van der Waals surface area contributed by atoms with Gasteiger partial charge in [-0.15, -0.1) is 0 Å². The minimum Gasteiger partial charge on any atom is -0.458 e. The average molecular weight is 394 g/mol. The second-order valence-corrected chi connectivity index (χ2v) is 8.20. The number of alkyl carbamates (subject to hydrolysis) is 1. The van der Waals surface area contributed by atoms with Crippen LogP contribution >= 0.6 is 0 Å². The molecule has 0 aromatic heterocycles. The number of nitrogens with one attached hydrogen (secondary N) is 1. The lowest BCUT2D eigenvalue weighted by Gasteiger charge is -2.26. The van der Waals surface area contributed by atoms with Crippen LogP contribution in [0.5, 0.6) is 0 Å². The number of nitrogens with zero attached hydrogens (tertiary/aromatic N) is 1. The van der Waals surface area contributed by atoms with E-state index >= 15 is 0 Å². The van der Waals surface area contributed by atoms with Crippen molar-refractivity contribution in [3.05, 3.63) is 39.4 Å². The van der Waals surface area contributed by atoms with E-state index in [0.717, 1.165) is 0 Å². The number of carbonyl (C=O) groups is 3. The molecule has 1 unspecified atom stereocenters. The summed E-state index contributed by atoms with van der Waals surface area (Å²) >= 11 is 0. The zero-order chi connectivity index (χ0) is 21.7. The van der Waals surface area contributed by atoms with Crippen molar-refractivity contribution in [2.45, 2.75) is 65.2 Å². The van der Waals surface area contributed by atoms with Crippen molar-refractivity contribution in [2.24, 2.45) is 0 Å². The van der Waals surface area contributed by atoms with E-state index in [1.54, 1.807) is 41.5 Å². The molecule has 0 aliphatic carbocycles. The maximum atomic E-state index is 12.6. The van der Waals surface area contributed by atoms with E-state index in [2.05, 4.69) is 5.32 Å². The lowest BCUT2D eigenvalue weighted by molar-refractivity contribution is -0.385. The van der Waals surface area contributed by atoms with Crippen LogP contribution in [0.15, 0.2) is 18.2 Å². The molecule has 0 aliphatic rings. The first-order chi connectivity index (χ1) is 12.7. The van der Waals surface area contributed by atoms with Gasteiger partial charge in [-0.2, -0.15) is 0 Å². The number of nitro benzene ring substituents is 1. The van der Waals surface area contributed by atoms with Crippen LogP contribution in [0.4, 0.5) is 10.5 Å². The van der Waals surface area contributed by atoms with E-state index in [1.165, 1.54) is 18.2 Å². The summed E-state index contributed by atoms with van der Waals surface area (Å²) in [5, 5.41) is 13.7. The Morgan fingerprint density at radius 2 is 1.71 bits per heavy atom. The number of benzene rings is 1. The van der Waals surface area contributed by atoms with Gasteiger partial charge in [0.15, 0.2) is 0 Å². The van der Waals surface area contributed by atoms with Crippen LogP contribution in [0, 0.1) is 10.1 Å². The predicted octanol–water partition coefficient (Wildman–Crippen LogP) is 3.18. The first-order valence-corrected chi connectivity index (χ1v) is 8.67. The highest BCUT2D eigenvalue weighted by molar-refractivity contribution is 5.82. The first kappa shape index (κ1) is 23.1. The Morgan fingerprint density at radius 3 is 2.18 bits per heavy atom. The smallest absolute Gasteiger partial charge is 0.408 e. The number of nitro groups is 1. The van der Waals surface area contributed by atoms with Crippen molar-refractivity contribution < 1.29 is 28.8 Å². The predicted molar refractivity (Wildman–Crippen MR) is 101 cm³/mol. The average Bonchev–Trinajstić information content (AvgIpc) is 2.50. The SMILES string of the molecule is CC(C)(C)OC(=O)NC(Cc1cc(C=O)ccc1[N+](=O)[O-])C(=O)OC(C)(C)C. The molecule has 1 N–H and O–H groups in total. The molecule has 154 valence electrons. The molecule has 9 heteroatoms. The minimum atomic E-state index is -1.24. The molecule has 1 amide bonds. The highest BCUT2D eigenvalue weighted by Gasteiger charge is 2.31. The quantitative estimate of drug-likeness (QED) is 0.340. The highest BCUT2D eigenvalue weighted by atomic mass is 16.6. The molecule has 0 bridgehead atoms. The summed E-state index contributed by atoms with van der Waals surface area (Å²) < 4.78 is 10.5. The van der Waals surface area contributed by atoms with E-state index in [0.29, 0.717) is 6.29 Å². The van der Waals surface area contributed by atoms with Gasteiger partial charge >= 0.3 is 12.1 Å². The molecule has 0 aliphatic heterocycles. The summed E-state index contributed by atoms with van der Waals surface area (Å²) in [5.74, 6) is -0.774. The Kier molecular flexibility index (Phi) is 7.26. The Hall–Kier alpha value is -2.97. The molecule has 0 heterocycles. The van der Waals surface area contributed by atoms with Gasteiger partial charge in [0.1, 0.15) is 23.5 Å². The number of amides is 1. The molecule has 28 heavy (non-hydrogen) atoms. The molecule has 0 saturated heterocycles. The summed E-state index contributed by atoms with van der Waals surface area (Å²) in [6, 6.07) is 2.55. The van der Waals surface area contributed by atoms with Crippen LogP contribution in [-0.2, 0) is 20.7 Å². The lowest BCUT2D eigenvalue weighted by atomic mass is 10.0. The fourth-order valence-corrected chi connectivity index (χ4v) is 2.26. The number of esters is 1. The molecular weight excluding hydrogens is 368 g/mol. The second-order valence-electron chi connectivity index (χ2n) is 8.20. The molecule has 0 radical (unpaired) electrons. The summed E-state index contributed by atoms with van der Waals surface area (Å²) in [4.78, 5) is 46.4. The first-order valence-electron chi connectivity index (χ1n) is 8.67. The van der Waals surface area contributed by atoms with Crippen LogP contribution in [0.2, 0.25) is 0 Å². The molecule has 0 spiro atoms. The van der Waals surface area contributed by atoms with Crippen LogP contribution in [0.1, 0.15) is 57.5 Å². The second kappa shape index (κ2) is 8.81. The number of aldehydes is 1. The van der Waals surface area contributed by atoms with E-state index in [4.69, 9.17) is 9.47 Å². The Balaban J connectivity index is 3.21. The normalized spacial score (nSPS) is 12.6. The summed E-state index contributed by atoms with van der Waals surface area (Å²) in [5.41, 5.74) is -1.58. The van der Waals surface area contributed by atoms with E-state index in [1.807, 2.05) is 0 Å². The standard InChI is InChI=1S/C19H26N2O7/c1-18(2,3)27-16(23)14(20-17(24)28-19(4,5)6)10-13-9-12(11-22)7-8-15(13)21(25)26/h7-9,11,14H,10H2,1-6H3,(H,20,24). The third-order valence-electron chi connectivity index (χ3n) is 3.24.